The Kier molecular flexibility index (Phi) is 17.2. The summed E-state index contributed by atoms with van der Waals surface area (Å²) in [4.78, 5) is 31.6. The topological polar surface area (TPSA) is 104 Å². The first-order chi connectivity index (χ1) is 6.82. The number of carboxylic acid groups (broad SMARTS) is 2. The minimum atomic E-state index is -1.27. The number of hydrogen-bond acceptors (Lipinski definition) is 4. The summed E-state index contributed by atoms with van der Waals surface area (Å²) in [6.07, 6.45) is 0.663. The normalized spacial score (nSPS) is 11.5. The van der Waals surface area contributed by atoms with Crippen molar-refractivity contribution in [2.45, 2.75) is 26.3 Å². The Hall–Kier alpha value is 1.42. The molecule has 0 rings (SSSR count). The zero-order valence-electron chi connectivity index (χ0n) is 8.48. The second-order valence-electron chi connectivity index (χ2n) is 3.07. The molecule has 0 aliphatic rings. The predicted molar refractivity (Wildman–Crippen MR) is 65.5 cm³/mol. The molecule has 17 heavy (non-hydrogen) atoms. The molecule has 0 unspecified atom stereocenters. The molecule has 88 valence electrons. The molecule has 0 saturated carbocycles. The average Bonchev–Trinajstić information content (AvgIpc) is 1.99. The molecule has 1 atom stereocenters. The van der Waals surface area contributed by atoms with Crippen LogP contribution in [-0.4, -0.2) is 137 Å². The van der Waals surface area contributed by atoms with Crippen LogP contribution >= 0.6 is 0 Å². The standard InChI is InChI=1S/C9H13NO5.2K.2H/c1-5(3-6(2)11)10-7(9(14)15)4-8(12)13;;;;/h3,7,10H,4H2,1-2H3,(H,12,13)(H,14,15);;;;/b5-3+;;;;/t7-;;;;/m0..../s1. The van der Waals surface area contributed by atoms with Gasteiger partial charge in [0.15, 0.2) is 5.78 Å². The van der Waals surface area contributed by atoms with Crippen LogP contribution in [0, 0.1) is 0 Å². The van der Waals surface area contributed by atoms with Gasteiger partial charge in [0.2, 0.25) is 0 Å². The van der Waals surface area contributed by atoms with E-state index in [9.17, 15) is 14.4 Å². The molecule has 0 aromatic heterocycles. The van der Waals surface area contributed by atoms with Gasteiger partial charge in [0.25, 0.3) is 0 Å². The molecular weight excluding hydrogens is 280 g/mol. The van der Waals surface area contributed by atoms with E-state index >= 15 is 0 Å². The van der Waals surface area contributed by atoms with Crippen molar-refractivity contribution in [2.24, 2.45) is 0 Å². The Morgan fingerprint density at radius 3 is 1.94 bits per heavy atom. The molecule has 0 spiro atoms. The Bertz CT molecular complexity index is 317. The van der Waals surface area contributed by atoms with Crippen LogP contribution < -0.4 is 5.32 Å². The van der Waals surface area contributed by atoms with Crippen molar-refractivity contribution in [3.05, 3.63) is 11.8 Å². The van der Waals surface area contributed by atoms with Crippen LogP contribution in [0.25, 0.3) is 0 Å². The number of aliphatic carboxylic acids is 2. The number of hydrogen-bond donors (Lipinski definition) is 3. The molecule has 0 bridgehead atoms. The maximum atomic E-state index is 10.6. The summed E-state index contributed by atoms with van der Waals surface area (Å²) in [5.74, 6) is -2.72. The minimum absolute atomic E-state index is 0. The van der Waals surface area contributed by atoms with E-state index in [1.165, 1.54) is 19.9 Å². The molecule has 0 radical (unpaired) electrons. The predicted octanol–water partition coefficient (Wildman–Crippen LogP) is -1.30. The van der Waals surface area contributed by atoms with Gasteiger partial charge in [0.1, 0.15) is 6.04 Å². The van der Waals surface area contributed by atoms with Gasteiger partial charge in [-0.25, -0.2) is 4.79 Å². The molecule has 0 amide bonds. The van der Waals surface area contributed by atoms with Gasteiger partial charge in [-0.15, -0.1) is 0 Å². The molecular formula is C9H15K2NO5. The summed E-state index contributed by atoms with van der Waals surface area (Å²) < 4.78 is 0. The Morgan fingerprint density at radius 1 is 1.18 bits per heavy atom. The average molecular weight is 295 g/mol. The molecule has 0 fully saturated rings. The van der Waals surface area contributed by atoms with Crippen molar-refractivity contribution in [1.82, 2.24) is 5.32 Å². The van der Waals surface area contributed by atoms with Gasteiger partial charge in [-0.05, 0) is 19.9 Å². The Morgan fingerprint density at radius 2 is 1.65 bits per heavy atom. The molecule has 0 saturated heterocycles. The van der Waals surface area contributed by atoms with Crippen LogP contribution in [0.1, 0.15) is 20.3 Å². The summed E-state index contributed by atoms with van der Waals surface area (Å²) in [6, 6.07) is -1.22. The van der Waals surface area contributed by atoms with Crippen LogP contribution in [-0.2, 0) is 14.4 Å². The van der Waals surface area contributed by atoms with Crippen LogP contribution in [0.3, 0.4) is 0 Å². The number of rotatable bonds is 6. The maximum absolute atomic E-state index is 10.6. The van der Waals surface area contributed by atoms with E-state index in [1.807, 2.05) is 0 Å². The summed E-state index contributed by atoms with van der Waals surface area (Å²) in [5.41, 5.74) is 0.330. The van der Waals surface area contributed by atoms with E-state index in [0.717, 1.165) is 0 Å². The third-order valence-corrected chi connectivity index (χ3v) is 1.50. The number of carbonyl (C=O) groups is 3. The Labute approximate surface area is 184 Å². The Balaban J connectivity index is -0.000000980. The molecule has 3 N–H and O–H groups in total. The zero-order chi connectivity index (χ0) is 12.0. The fourth-order valence-electron chi connectivity index (χ4n) is 0.996. The quantitative estimate of drug-likeness (QED) is 0.416. The van der Waals surface area contributed by atoms with E-state index in [1.54, 1.807) is 0 Å². The number of allylic oxidation sites excluding steroid dienone is 2. The van der Waals surface area contributed by atoms with E-state index in [2.05, 4.69) is 5.32 Å². The molecule has 0 aromatic carbocycles. The summed E-state index contributed by atoms with van der Waals surface area (Å²) in [6.45, 7) is 2.82. The third-order valence-electron chi connectivity index (χ3n) is 1.50. The van der Waals surface area contributed by atoms with Crippen molar-refractivity contribution >= 4 is 120 Å². The molecule has 0 heterocycles. The van der Waals surface area contributed by atoms with Crippen LogP contribution in [0.4, 0.5) is 0 Å². The van der Waals surface area contributed by atoms with Crippen molar-refractivity contribution in [1.29, 1.82) is 0 Å². The summed E-state index contributed by atoms with van der Waals surface area (Å²) in [7, 11) is 0. The van der Waals surface area contributed by atoms with Gasteiger partial charge in [-0.3, -0.25) is 9.59 Å². The first-order valence-corrected chi connectivity index (χ1v) is 4.23. The number of nitrogens with one attached hydrogen (secondary N) is 1. The van der Waals surface area contributed by atoms with Gasteiger partial charge < -0.3 is 15.5 Å². The van der Waals surface area contributed by atoms with E-state index < -0.39 is 24.4 Å². The van der Waals surface area contributed by atoms with Crippen molar-refractivity contribution in [3.8, 4) is 0 Å². The number of carboxylic acids is 2. The van der Waals surface area contributed by atoms with E-state index in [0.29, 0.717) is 5.70 Å². The monoisotopic (exact) mass is 295 g/mol. The second kappa shape index (κ2) is 12.5. The first-order valence-electron chi connectivity index (χ1n) is 4.23. The summed E-state index contributed by atoms with van der Waals surface area (Å²) in [5, 5.41) is 19.5. The van der Waals surface area contributed by atoms with Gasteiger partial charge in [-0.1, -0.05) is 0 Å². The first kappa shape index (κ1) is 23.5. The van der Waals surface area contributed by atoms with Crippen LogP contribution in [0.15, 0.2) is 11.8 Å². The molecule has 6 nitrogen and oxygen atoms in total. The van der Waals surface area contributed by atoms with Gasteiger partial charge in [-0.2, -0.15) is 0 Å². The molecule has 0 aliphatic heterocycles. The number of ketones is 1. The number of carbonyl (C=O) groups excluding carboxylic acids is 1. The van der Waals surface area contributed by atoms with Gasteiger partial charge in [0, 0.05) is 5.70 Å². The molecule has 8 heteroatoms. The van der Waals surface area contributed by atoms with Crippen molar-refractivity contribution < 1.29 is 24.6 Å². The second-order valence-corrected chi connectivity index (χ2v) is 3.07. The molecule has 0 aromatic rings. The van der Waals surface area contributed by atoms with E-state index in [-0.39, 0.29) is 109 Å². The van der Waals surface area contributed by atoms with Crippen molar-refractivity contribution in [3.63, 3.8) is 0 Å². The third kappa shape index (κ3) is 13.7. The van der Waals surface area contributed by atoms with Gasteiger partial charge in [0.05, 0.1) is 6.42 Å². The zero-order valence-corrected chi connectivity index (χ0v) is 8.48. The summed E-state index contributed by atoms with van der Waals surface area (Å²) >= 11 is 0. The van der Waals surface area contributed by atoms with Crippen LogP contribution in [0.5, 0.6) is 0 Å². The molecule has 0 aliphatic carbocycles. The SMILES string of the molecule is CC(=O)/C=C(\C)N[C@@H](CC(=O)O)C(=O)O.[KH].[KH]. The van der Waals surface area contributed by atoms with E-state index in [4.69, 9.17) is 10.2 Å². The fourth-order valence-corrected chi connectivity index (χ4v) is 0.996. The fraction of sp³-hybridized carbons (Fsp3) is 0.444. The van der Waals surface area contributed by atoms with Crippen LogP contribution in [0.2, 0.25) is 0 Å². The van der Waals surface area contributed by atoms with Gasteiger partial charge >= 0.3 is 115 Å². The van der Waals surface area contributed by atoms with Crippen molar-refractivity contribution in [2.75, 3.05) is 0 Å².